The normalized spacial score (nSPS) is 18.5. The lowest BCUT2D eigenvalue weighted by Gasteiger charge is -2.08. The van der Waals surface area contributed by atoms with Gasteiger partial charge in [0.1, 0.15) is 11.6 Å². The van der Waals surface area contributed by atoms with E-state index in [2.05, 4.69) is 54.4 Å². The first-order chi connectivity index (χ1) is 12.6. The van der Waals surface area contributed by atoms with E-state index in [9.17, 15) is 4.79 Å². The van der Waals surface area contributed by atoms with Crippen molar-refractivity contribution in [2.24, 2.45) is 0 Å². The number of pyridine rings is 1. The number of rotatable bonds is 5. The molecule has 2 atom stereocenters. The van der Waals surface area contributed by atoms with Gasteiger partial charge in [-0.15, -0.1) is 0 Å². The van der Waals surface area contributed by atoms with Crippen molar-refractivity contribution in [1.29, 1.82) is 0 Å². The molecule has 2 aromatic heterocycles. The van der Waals surface area contributed by atoms with E-state index in [1.54, 1.807) is 6.20 Å². The van der Waals surface area contributed by atoms with Gasteiger partial charge in [-0.25, -0.2) is 9.97 Å². The molecule has 1 fully saturated rings. The Morgan fingerprint density at radius 3 is 2.85 bits per heavy atom. The number of nitrogens with zero attached hydrogens (tertiary/aromatic N) is 2. The number of nitrogens with one attached hydrogen (secondary N) is 2. The van der Waals surface area contributed by atoms with Crippen LogP contribution in [0, 0.1) is 0 Å². The summed E-state index contributed by atoms with van der Waals surface area (Å²) in [6, 6.07) is 14.1. The molecule has 1 aliphatic rings. The highest BCUT2D eigenvalue weighted by Gasteiger charge is 2.39. The van der Waals surface area contributed by atoms with Crippen molar-refractivity contribution >= 4 is 21.7 Å². The summed E-state index contributed by atoms with van der Waals surface area (Å²) in [5.41, 5.74) is 2.78. The lowest BCUT2D eigenvalue weighted by Crippen LogP contribution is -2.10. The summed E-state index contributed by atoms with van der Waals surface area (Å²) in [5.74, 6) is 1.90. The third-order valence-corrected chi connectivity index (χ3v) is 5.34. The number of benzene rings is 1. The Morgan fingerprint density at radius 1 is 1.27 bits per heavy atom. The maximum Gasteiger partial charge on any atom is 0.251 e. The van der Waals surface area contributed by atoms with Crippen LogP contribution in [0.4, 0.5) is 5.82 Å². The molecule has 6 heteroatoms. The Hall–Kier alpha value is -2.47. The van der Waals surface area contributed by atoms with Crippen LogP contribution in [-0.2, 0) is 6.42 Å². The minimum absolute atomic E-state index is 0.136. The first-order valence-electron chi connectivity index (χ1n) is 8.71. The summed E-state index contributed by atoms with van der Waals surface area (Å²) in [6.45, 7) is 1.98. The molecule has 0 radical (unpaired) electrons. The quantitative estimate of drug-likeness (QED) is 0.663. The van der Waals surface area contributed by atoms with E-state index in [1.165, 1.54) is 11.6 Å². The van der Waals surface area contributed by atoms with Crippen LogP contribution in [0.25, 0.3) is 11.4 Å². The van der Waals surface area contributed by atoms with Gasteiger partial charge in [0, 0.05) is 40.0 Å². The Labute approximate surface area is 160 Å². The summed E-state index contributed by atoms with van der Waals surface area (Å²) in [6.07, 6.45) is 3.57. The zero-order chi connectivity index (χ0) is 18.1. The molecule has 3 aromatic rings. The maximum atomic E-state index is 11.7. The number of aryl methyl sites for hydroxylation is 1. The third kappa shape index (κ3) is 3.55. The number of H-pyrrole nitrogens is 1. The van der Waals surface area contributed by atoms with E-state index in [1.807, 2.05) is 25.1 Å². The van der Waals surface area contributed by atoms with Gasteiger partial charge in [0.2, 0.25) is 0 Å². The van der Waals surface area contributed by atoms with Gasteiger partial charge < -0.3 is 10.3 Å². The molecule has 4 rings (SSSR count). The predicted molar refractivity (Wildman–Crippen MR) is 106 cm³/mol. The van der Waals surface area contributed by atoms with Gasteiger partial charge in [-0.05, 0) is 36.6 Å². The zero-order valence-corrected chi connectivity index (χ0v) is 16.0. The van der Waals surface area contributed by atoms with E-state index >= 15 is 0 Å². The molecule has 1 aliphatic carbocycles. The lowest BCUT2D eigenvalue weighted by molar-refractivity contribution is 0.984. The van der Waals surface area contributed by atoms with Crippen LogP contribution in [0.5, 0.6) is 0 Å². The maximum absolute atomic E-state index is 11.7. The minimum atomic E-state index is -0.136. The number of hydrogen-bond donors (Lipinski definition) is 2. The van der Waals surface area contributed by atoms with Gasteiger partial charge in [-0.3, -0.25) is 4.79 Å². The predicted octanol–water partition coefficient (Wildman–Crippen LogP) is 4.12. The fourth-order valence-electron chi connectivity index (χ4n) is 3.11. The van der Waals surface area contributed by atoms with Crippen LogP contribution in [0.2, 0.25) is 0 Å². The van der Waals surface area contributed by atoms with Crippen molar-refractivity contribution in [2.75, 3.05) is 5.32 Å². The van der Waals surface area contributed by atoms with Gasteiger partial charge in [-0.2, -0.15) is 0 Å². The SMILES string of the molecule is CCc1cc(=O)[nH]c(-c2ccc(NC3CC3c3ccccc3Br)nc2)n1. The van der Waals surface area contributed by atoms with E-state index in [0.717, 1.165) is 34.4 Å². The lowest BCUT2D eigenvalue weighted by atomic mass is 10.1. The Kier molecular flexibility index (Phi) is 4.59. The van der Waals surface area contributed by atoms with Crippen LogP contribution >= 0.6 is 15.9 Å². The number of hydrogen-bond acceptors (Lipinski definition) is 4. The van der Waals surface area contributed by atoms with Crippen molar-refractivity contribution in [3.8, 4) is 11.4 Å². The molecule has 0 amide bonds. The fraction of sp³-hybridized carbons (Fsp3) is 0.250. The molecule has 1 saturated carbocycles. The number of halogens is 1. The molecule has 2 unspecified atom stereocenters. The Bertz CT molecular complexity index is 984. The molecule has 0 saturated heterocycles. The largest absolute Gasteiger partial charge is 0.367 e. The highest BCUT2D eigenvalue weighted by atomic mass is 79.9. The van der Waals surface area contributed by atoms with E-state index in [-0.39, 0.29) is 5.56 Å². The van der Waals surface area contributed by atoms with E-state index in [0.29, 0.717) is 17.8 Å². The minimum Gasteiger partial charge on any atom is -0.367 e. The highest BCUT2D eigenvalue weighted by molar-refractivity contribution is 9.10. The first-order valence-corrected chi connectivity index (χ1v) is 9.51. The van der Waals surface area contributed by atoms with Gasteiger partial charge in [0.15, 0.2) is 0 Å². The third-order valence-electron chi connectivity index (χ3n) is 4.62. The summed E-state index contributed by atoms with van der Waals surface area (Å²) < 4.78 is 1.16. The second-order valence-corrected chi connectivity index (χ2v) is 7.34. The second kappa shape index (κ2) is 7.03. The fourth-order valence-corrected chi connectivity index (χ4v) is 3.69. The molecular weight excluding hydrogens is 392 g/mol. The van der Waals surface area contributed by atoms with E-state index < -0.39 is 0 Å². The highest BCUT2D eigenvalue weighted by Crippen LogP contribution is 2.45. The molecule has 1 aromatic carbocycles. The van der Waals surface area contributed by atoms with Crippen molar-refractivity contribution in [3.05, 3.63) is 74.7 Å². The topological polar surface area (TPSA) is 70.7 Å². The monoisotopic (exact) mass is 410 g/mol. The summed E-state index contributed by atoms with van der Waals surface area (Å²) in [5, 5.41) is 3.48. The van der Waals surface area contributed by atoms with Crippen molar-refractivity contribution in [1.82, 2.24) is 15.0 Å². The molecule has 2 N–H and O–H groups in total. The van der Waals surface area contributed by atoms with Gasteiger partial charge in [0.05, 0.1) is 0 Å². The van der Waals surface area contributed by atoms with Crippen LogP contribution in [0.15, 0.2) is 57.9 Å². The van der Waals surface area contributed by atoms with Gasteiger partial charge >= 0.3 is 0 Å². The van der Waals surface area contributed by atoms with Gasteiger partial charge in [-0.1, -0.05) is 41.1 Å². The number of anilines is 1. The molecular formula is C20H19BrN4O. The summed E-state index contributed by atoms with van der Waals surface area (Å²) >= 11 is 3.62. The molecule has 0 aliphatic heterocycles. The average Bonchev–Trinajstić information content (AvgIpc) is 3.41. The first kappa shape index (κ1) is 17.0. The molecule has 0 spiro atoms. The van der Waals surface area contributed by atoms with Crippen molar-refractivity contribution in [3.63, 3.8) is 0 Å². The standard InChI is InChI=1S/C20H19BrN4O/c1-2-13-9-19(26)25-20(23-13)12-7-8-18(22-11-12)24-17-10-15(17)14-5-3-4-6-16(14)21/h3-9,11,15,17H,2,10H2,1H3,(H,22,24)(H,23,25,26). The van der Waals surface area contributed by atoms with Crippen LogP contribution in [0.3, 0.4) is 0 Å². The van der Waals surface area contributed by atoms with Crippen LogP contribution in [-0.4, -0.2) is 21.0 Å². The molecule has 0 bridgehead atoms. The molecule has 2 heterocycles. The number of aromatic nitrogens is 3. The van der Waals surface area contributed by atoms with Gasteiger partial charge in [0.25, 0.3) is 5.56 Å². The smallest absolute Gasteiger partial charge is 0.251 e. The average molecular weight is 411 g/mol. The summed E-state index contributed by atoms with van der Waals surface area (Å²) in [4.78, 5) is 23.5. The van der Waals surface area contributed by atoms with Crippen LogP contribution < -0.4 is 10.9 Å². The van der Waals surface area contributed by atoms with Crippen molar-refractivity contribution < 1.29 is 0 Å². The zero-order valence-electron chi connectivity index (χ0n) is 14.4. The molecule has 26 heavy (non-hydrogen) atoms. The summed E-state index contributed by atoms with van der Waals surface area (Å²) in [7, 11) is 0. The second-order valence-electron chi connectivity index (χ2n) is 6.49. The Morgan fingerprint density at radius 2 is 2.12 bits per heavy atom. The Balaban J connectivity index is 1.47. The van der Waals surface area contributed by atoms with E-state index in [4.69, 9.17) is 0 Å². The van der Waals surface area contributed by atoms with Crippen molar-refractivity contribution in [2.45, 2.75) is 31.7 Å². The number of aromatic amines is 1. The van der Waals surface area contributed by atoms with Crippen LogP contribution in [0.1, 0.15) is 30.5 Å². The molecule has 132 valence electrons. The molecule has 5 nitrogen and oxygen atoms in total.